The number of halogens is 2. The van der Waals surface area contributed by atoms with E-state index in [4.69, 9.17) is 23.2 Å². The Morgan fingerprint density at radius 2 is 1.90 bits per heavy atom. The summed E-state index contributed by atoms with van der Waals surface area (Å²) in [6.07, 6.45) is 1.89. The number of rotatable bonds is 3. The molecule has 0 radical (unpaired) electrons. The zero-order chi connectivity index (χ0) is 22.3. The maximum atomic E-state index is 12.9. The van der Waals surface area contributed by atoms with Gasteiger partial charge >= 0.3 is 0 Å². The lowest BCUT2D eigenvalue weighted by atomic mass is 10.0. The van der Waals surface area contributed by atoms with Crippen molar-refractivity contribution in [3.8, 4) is 0 Å². The molecule has 0 aliphatic carbocycles. The van der Waals surface area contributed by atoms with E-state index in [-0.39, 0.29) is 4.90 Å². The molecule has 1 aromatic heterocycles. The van der Waals surface area contributed by atoms with Crippen molar-refractivity contribution in [2.75, 3.05) is 13.1 Å². The summed E-state index contributed by atoms with van der Waals surface area (Å²) in [5.74, 6) is -0.117. The second-order valence-electron chi connectivity index (χ2n) is 7.73. The van der Waals surface area contributed by atoms with Crippen LogP contribution in [-0.4, -0.2) is 36.3 Å². The van der Waals surface area contributed by atoms with Crippen LogP contribution in [0.5, 0.6) is 0 Å². The number of piperidine rings is 1. The van der Waals surface area contributed by atoms with Crippen molar-refractivity contribution < 1.29 is 13.2 Å². The van der Waals surface area contributed by atoms with E-state index in [9.17, 15) is 13.2 Å². The minimum Gasteiger partial charge on any atom is -0.318 e. The topological polar surface area (TPSA) is 71.7 Å². The summed E-state index contributed by atoms with van der Waals surface area (Å²) in [7, 11) is -1.79. The molecule has 1 aliphatic heterocycles. The molecule has 0 saturated carbocycles. The Morgan fingerprint density at radius 1 is 1.19 bits per heavy atom. The summed E-state index contributed by atoms with van der Waals surface area (Å²) in [6, 6.07) is 9.37. The Kier molecular flexibility index (Phi) is 6.29. The van der Waals surface area contributed by atoms with Gasteiger partial charge in [0.1, 0.15) is 0 Å². The third-order valence-corrected chi connectivity index (χ3v) is 8.84. The number of amides is 1. The molecule has 6 nitrogen and oxygen atoms in total. The lowest BCUT2D eigenvalue weighted by Gasteiger charge is -2.30. The van der Waals surface area contributed by atoms with Gasteiger partial charge in [0, 0.05) is 30.7 Å². The van der Waals surface area contributed by atoms with Gasteiger partial charge < -0.3 is 4.57 Å². The van der Waals surface area contributed by atoms with E-state index >= 15 is 0 Å². The van der Waals surface area contributed by atoms with Crippen LogP contribution in [-0.2, 0) is 17.1 Å². The maximum absolute atomic E-state index is 12.9. The van der Waals surface area contributed by atoms with Gasteiger partial charge in [-0.3, -0.25) is 4.79 Å². The highest BCUT2D eigenvalue weighted by Gasteiger charge is 2.28. The van der Waals surface area contributed by atoms with Crippen LogP contribution in [0.1, 0.15) is 30.1 Å². The van der Waals surface area contributed by atoms with E-state index in [1.165, 1.54) is 39.9 Å². The van der Waals surface area contributed by atoms with Crippen LogP contribution in [0, 0.1) is 5.92 Å². The molecule has 10 heteroatoms. The first-order valence-corrected chi connectivity index (χ1v) is 12.8. The molecule has 1 atom stereocenters. The lowest BCUT2D eigenvalue weighted by molar-refractivity contribution is 0.0998. The quantitative estimate of drug-likeness (QED) is 0.525. The van der Waals surface area contributed by atoms with Crippen LogP contribution in [0.4, 0.5) is 0 Å². The van der Waals surface area contributed by atoms with E-state index in [1.54, 1.807) is 23.7 Å². The smallest absolute Gasteiger partial charge is 0.279 e. The number of carbonyl (C=O) groups is 1. The normalized spacial score (nSPS) is 18.6. The minimum absolute atomic E-state index is 0.187. The summed E-state index contributed by atoms with van der Waals surface area (Å²) in [4.78, 5) is 17.6. The van der Waals surface area contributed by atoms with Gasteiger partial charge in [-0.05, 0) is 55.2 Å². The molecule has 1 amide bonds. The number of thiazole rings is 1. The number of sulfonamides is 1. The molecule has 3 aromatic rings. The molecule has 164 valence electrons. The number of aryl methyl sites for hydroxylation is 1. The number of aromatic nitrogens is 1. The van der Waals surface area contributed by atoms with Gasteiger partial charge in [-0.15, -0.1) is 0 Å². The van der Waals surface area contributed by atoms with Crippen molar-refractivity contribution in [2.45, 2.75) is 24.7 Å². The van der Waals surface area contributed by atoms with Crippen LogP contribution < -0.4 is 4.80 Å². The molecule has 31 heavy (non-hydrogen) atoms. The van der Waals surface area contributed by atoms with Crippen molar-refractivity contribution in [1.29, 1.82) is 0 Å². The summed E-state index contributed by atoms with van der Waals surface area (Å²) < 4.78 is 29.9. The highest BCUT2D eigenvalue weighted by molar-refractivity contribution is 7.89. The van der Waals surface area contributed by atoms with Crippen molar-refractivity contribution in [2.24, 2.45) is 18.0 Å². The first-order chi connectivity index (χ1) is 14.7. The monoisotopic (exact) mass is 497 g/mol. The minimum atomic E-state index is -3.57. The highest BCUT2D eigenvalue weighted by atomic mass is 35.5. The summed E-state index contributed by atoms with van der Waals surface area (Å²) in [5, 5.41) is 0.994. The number of fused-ring (bicyclic) bond motifs is 1. The molecular formula is C21H21Cl2N3O3S2. The van der Waals surface area contributed by atoms with E-state index < -0.39 is 15.9 Å². The van der Waals surface area contributed by atoms with Crippen molar-refractivity contribution in [3.63, 3.8) is 0 Å². The number of hydrogen-bond donors (Lipinski definition) is 0. The predicted octanol–water partition coefficient (Wildman–Crippen LogP) is 4.71. The van der Waals surface area contributed by atoms with Gasteiger partial charge in [0.15, 0.2) is 4.80 Å². The fourth-order valence-electron chi connectivity index (χ4n) is 3.74. The number of hydrogen-bond acceptors (Lipinski definition) is 4. The zero-order valence-electron chi connectivity index (χ0n) is 17.0. The van der Waals surface area contributed by atoms with Crippen molar-refractivity contribution >= 4 is 60.7 Å². The fraction of sp³-hybridized carbons (Fsp3) is 0.333. The van der Waals surface area contributed by atoms with Gasteiger partial charge in [0.2, 0.25) is 10.0 Å². The maximum Gasteiger partial charge on any atom is 0.279 e. The van der Waals surface area contributed by atoms with E-state index in [0.29, 0.717) is 39.4 Å². The van der Waals surface area contributed by atoms with Crippen LogP contribution >= 0.6 is 34.5 Å². The average Bonchev–Trinajstić information content (AvgIpc) is 3.03. The molecule has 0 N–H and O–H groups in total. The standard InChI is InChI=1S/C21H21Cl2N3O3S2/c1-13-4-3-9-26(12-13)31(28,29)16-7-5-14(6-8-16)20(27)24-21-25(2)19-17(23)10-15(22)11-18(19)30-21/h5-8,10-11,13H,3-4,9,12H2,1-2H3. The molecule has 4 rings (SSSR count). The third kappa shape index (κ3) is 4.45. The molecule has 1 fully saturated rings. The zero-order valence-corrected chi connectivity index (χ0v) is 20.2. The second kappa shape index (κ2) is 8.67. The molecule has 0 bridgehead atoms. The molecule has 0 spiro atoms. The Balaban J connectivity index is 1.63. The van der Waals surface area contributed by atoms with Crippen molar-refractivity contribution in [3.05, 3.63) is 56.8 Å². The lowest BCUT2D eigenvalue weighted by Crippen LogP contribution is -2.39. The Labute approximate surface area is 194 Å². The van der Waals surface area contributed by atoms with Gasteiger partial charge in [-0.25, -0.2) is 8.42 Å². The summed E-state index contributed by atoms with van der Waals surface area (Å²) in [6.45, 7) is 3.10. The Hall–Kier alpha value is -1.71. The largest absolute Gasteiger partial charge is 0.318 e. The van der Waals surface area contributed by atoms with E-state index in [2.05, 4.69) is 11.9 Å². The van der Waals surface area contributed by atoms with E-state index in [0.717, 1.165) is 23.1 Å². The molecule has 2 aromatic carbocycles. The van der Waals surface area contributed by atoms with Gasteiger partial charge in [-0.1, -0.05) is 41.5 Å². The van der Waals surface area contributed by atoms with E-state index in [1.807, 2.05) is 0 Å². The highest BCUT2D eigenvalue weighted by Crippen LogP contribution is 2.29. The molecule has 1 unspecified atom stereocenters. The molecule has 1 saturated heterocycles. The van der Waals surface area contributed by atoms with Crippen LogP contribution in [0.3, 0.4) is 0 Å². The third-order valence-electron chi connectivity index (χ3n) is 5.37. The average molecular weight is 498 g/mol. The summed E-state index contributed by atoms with van der Waals surface area (Å²) in [5.41, 5.74) is 1.06. The SMILES string of the molecule is CC1CCCN(S(=O)(=O)c2ccc(C(=O)N=c3sc4cc(Cl)cc(Cl)c4n3C)cc2)C1. The van der Waals surface area contributed by atoms with Crippen LogP contribution in [0.25, 0.3) is 10.2 Å². The van der Waals surface area contributed by atoms with Gasteiger partial charge in [0.05, 0.1) is 20.1 Å². The molecule has 2 heterocycles. The Morgan fingerprint density at radius 3 is 2.58 bits per heavy atom. The fourth-order valence-corrected chi connectivity index (χ4v) is 7.16. The number of benzene rings is 2. The van der Waals surface area contributed by atoms with Crippen molar-refractivity contribution in [1.82, 2.24) is 8.87 Å². The van der Waals surface area contributed by atoms with Gasteiger partial charge in [-0.2, -0.15) is 9.30 Å². The predicted molar refractivity (Wildman–Crippen MR) is 124 cm³/mol. The first-order valence-electron chi connectivity index (χ1n) is 9.80. The van der Waals surface area contributed by atoms with Gasteiger partial charge in [0.25, 0.3) is 5.91 Å². The molecule has 1 aliphatic rings. The summed E-state index contributed by atoms with van der Waals surface area (Å²) >= 11 is 13.7. The van der Waals surface area contributed by atoms with Crippen LogP contribution in [0.2, 0.25) is 10.0 Å². The molecular weight excluding hydrogens is 477 g/mol. The number of nitrogens with zero attached hydrogens (tertiary/aromatic N) is 3. The Bertz CT molecular complexity index is 1330. The number of carbonyl (C=O) groups excluding carboxylic acids is 1. The van der Waals surface area contributed by atoms with Crippen LogP contribution in [0.15, 0.2) is 46.3 Å². The first kappa shape index (κ1) is 22.5. The second-order valence-corrected chi connectivity index (χ2v) is 11.5.